The molecule has 0 aromatic heterocycles. The first-order valence-corrected chi connectivity index (χ1v) is 139. The summed E-state index contributed by atoms with van der Waals surface area (Å²) in [5.74, 6) is 0. The molecule has 0 aliphatic heterocycles. The van der Waals surface area contributed by atoms with Gasteiger partial charge in [0.05, 0.1) is 0 Å². The standard InChI is InChI=1S/C16H42O3Si4.C14H30O3Si4.C14H38O3Si4.C13H28O3Si4.C12H24O2Si3.C9H28O3Si4.C8H26O3Si4.C8H24O2Si3/c1-10-11-12-13-14-15-16-23(9,19-22(6,7)8)18-20(2)17-21(3,4)5;1-18(15-19(2,3)4)16-21(8,17-20(5,6)7)14-12-10-9-11-13-14;1-8-9-10-11-12-13-14-21(7,16-19(4)5)17-20(6)15-18(2)3;1-17(2)14-18(3)15-20(7,16-19(4,5)6)13-11-9-8-10-12-13;1-16(2,3)13-15(14-17(4,5)6)12-10-8-7-9-11-12;1-13(10-14(2,3)4)11-16(8,9)12-15(5,6)7;1-12(2)9-13(3)10-15(7,8)11-14(4,5)6;1-8-11(9-12(2,3)4)10-13(5,6)7/h20H,10-16H2,1-9H3;9-13,18H,1-8H3;18-20H,8-14H2,1-7H3;8-12,17-18H,1-7H3;7-11,15H,1-6H3;13H,1-9H3;12-13H,1-8H3;11H,8H2,1-7H3. The Bertz CT molecular complexity index is 3680. The van der Waals surface area contributed by atoms with Crippen LogP contribution in [0, 0.1) is 0 Å². The zero-order valence-corrected chi connectivity index (χ0v) is 139. The summed E-state index contributed by atoms with van der Waals surface area (Å²) < 4.78 is 137. The van der Waals surface area contributed by atoms with E-state index in [1.54, 1.807) is 0 Å². The van der Waals surface area contributed by atoms with Gasteiger partial charge in [-0.15, -0.1) is 0 Å². The van der Waals surface area contributed by atoms with E-state index in [1.165, 1.54) is 92.6 Å². The lowest BCUT2D eigenvalue weighted by Crippen LogP contribution is -2.59. The molecule has 0 aliphatic rings. The van der Waals surface area contributed by atoms with Crippen molar-refractivity contribution in [2.75, 3.05) is 0 Å². The van der Waals surface area contributed by atoms with Crippen LogP contribution < -0.4 is 15.6 Å². The Balaban J connectivity index is -0.000000522. The second-order valence-corrected chi connectivity index (χ2v) is 158. The molecule has 3 aromatic carbocycles. The third-order valence-electron chi connectivity index (χ3n) is 18.4. The average molecular weight is 2570 g/mol. The Labute approximate surface area is 945 Å². The molecule has 10 atom stereocenters. The highest BCUT2D eigenvalue weighted by Crippen LogP contribution is 2.29. The van der Waals surface area contributed by atoms with Gasteiger partial charge in [0.1, 0.15) is 0 Å². The van der Waals surface area contributed by atoms with Crippen molar-refractivity contribution in [1.29, 1.82) is 0 Å². The molecule has 22 nitrogen and oxygen atoms in total. The van der Waals surface area contributed by atoms with Crippen molar-refractivity contribution in [3.8, 4) is 0 Å². The molecule has 0 aliphatic carbocycles. The lowest BCUT2D eigenvalue weighted by molar-refractivity contribution is 0.340. The molecule has 0 bridgehead atoms. The van der Waals surface area contributed by atoms with Crippen molar-refractivity contribution in [2.24, 2.45) is 0 Å². The molecule has 0 spiro atoms. The lowest BCUT2D eigenvalue weighted by atomic mass is 10.1. The van der Waals surface area contributed by atoms with Crippen molar-refractivity contribution in [3.63, 3.8) is 0 Å². The molecule has 0 fully saturated rings. The number of rotatable bonds is 62. The zero-order chi connectivity index (χ0) is 115. The molecule has 0 saturated carbocycles. The largest absolute Gasteiger partial charge is 0.442 e. The van der Waals surface area contributed by atoms with Crippen molar-refractivity contribution < 1.29 is 90.5 Å². The molecule has 3 rings (SSSR count). The maximum Gasteiger partial charge on any atom is 0.350 e. The quantitative estimate of drug-likeness (QED) is 0.0381. The first kappa shape index (κ1) is 158. The molecule has 0 radical (unpaired) electrons. The van der Waals surface area contributed by atoms with Crippen LogP contribution in [-0.4, -0.2) is 262 Å². The Morgan fingerprint density at radius 2 is 0.438 bits per heavy atom. The van der Waals surface area contributed by atoms with E-state index in [2.05, 4.69) is 473 Å². The fourth-order valence-corrected chi connectivity index (χ4v) is 115. The minimum atomic E-state index is -2.40. The predicted molar refractivity (Wildman–Crippen MR) is 718 cm³/mol. The molecule has 52 heteroatoms. The third kappa shape index (κ3) is 103. The van der Waals surface area contributed by atoms with E-state index in [0.29, 0.717) is 0 Å². The van der Waals surface area contributed by atoms with Gasteiger partial charge in [-0.3, -0.25) is 0 Å². The highest BCUT2D eigenvalue weighted by atomic mass is 28.5. The van der Waals surface area contributed by atoms with Crippen LogP contribution in [-0.2, 0) is 90.5 Å². The number of hydrogen-bond acceptors (Lipinski definition) is 22. The molecular formula is C94H240O22Si30. The van der Waals surface area contributed by atoms with E-state index in [1.807, 2.05) is 18.2 Å². The summed E-state index contributed by atoms with van der Waals surface area (Å²) in [4.78, 5) is 0. The Hall–Kier alpha value is 3.29. The summed E-state index contributed by atoms with van der Waals surface area (Å²) in [6.45, 7) is 135. The average Bonchev–Trinajstić information content (AvgIpc) is 0.810. The fourth-order valence-electron chi connectivity index (χ4n) is 15.7. The molecule has 868 valence electrons. The maximum absolute atomic E-state index is 6.56. The first-order chi connectivity index (χ1) is 65.3. The summed E-state index contributed by atoms with van der Waals surface area (Å²) in [5.41, 5.74) is 0. The molecular weight excluding hydrogens is 2320 g/mol. The molecule has 146 heavy (non-hydrogen) atoms. The van der Waals surface area contributed by atoms with Gasteiger partial charge in [-0.05, 0) is 413 Å². The zero-order valence-electron chi connectivity index (χ0n) is 107. The van der Waals surface area contributed by atoms with Crippen molar-refractivity contribution >= 4 is 277 Å². The van der Waals surface area contributed by atoms with Crippen molar-refractivity contribution in [2.45, 2.75) is 496 Å². The van der Waals surface area contributed by atoms with Gasteiger partial charge < -0.3 is 90.5 Å². The normalized spacial score (nSPS) is 16.0. The molecule has 0 N–H and O–H groups in total. The second kappa shape index (κ2) is 74.1. The number of unbranched alkanes of at least 4 members (excludes halogenated alkanes) is 10. The van der Waals surface area contributed by atoms with Gasteiger partial charge in [0, 0.05) is 0 Å². The predicted octanol–water partition coefficient (Wildman–Crippen LogP) is 27.9. The molecule has 0 saturated heterocycles. The summed E-state index contributed by atoms with van der Waals surface area (Å²) in [7, 11) is -47.6. The smallest absolute Gasteiger partial charge is 0.350 e. The number of hydrogen-bond donors (Lipinski definition) is 0. The molecule has 3 aromatic rings. The van der Waals surface area contributed by atoms with E-state index in [9.17, 15) is 0 Å². The van der Waals surface area contributed by atoms with E-state index < -0.39 is 262 Å². The summed E-state index contributed by atoms with van der Waals surface area (Å²) in [6.07, 6.45) is 16.0. The van der Waals surface area contributed by atoms with Gasteiger partial charge >= 0.3 is 69.9 Å². The van der Waals surface area contributed by atoms with Gasteiger partial charge in [-0.2, -0.15) is 0 Å². The van der Waals surface area contributed by atoms with Crippen molar-refractivity contribution in [3.05, 3.63) is 91.0 Å². The number of benzene rings is 3. The molecule has 10 unspecified atom stereocenters. The maximum atomic E-state index is 6.56. The van der Waals surface area contributed by atoms with Gasteiger partial charge in [0.25, 0.3) is 55.7 Å². The van der Waals surface area contributed by atoms with Crippen LogP contribution in [0.2, 0.25) is 398 Å². The summed E-state index contributed by atoms with van der Waals surface area (Å²) >= 11 is 0. The van der Waals surface area contributed by atoms with Crippen LogP contribution in [0.5, 0.6) is 0 Å². The van der Waals surface area contributed by atoms with E-state index >= 15 is 0 Å². The molecule has 0 heterocycles. The highest BCUT2D eigenvalue weighted by molar-refractivity contribution is 6.94. The van der Waals surface area contributed by atoms with Gasteiger partial charge in [0.15, 0.2) is 136 Å². The van der Waals surface area contributed by atoms with Crippen LogP contribution in [0.4, 0.5) is 0 Å². The van der Waals surface area contributed by atoms with Crippen LogP contribution >= 0.6 is 0 Å². The van der Waals surface area contributed by atoms with Crippen LogP contribution in [0.25, 0.3) is 0 Å². The Morgan fingerprint density at radius 3 is 0.712 bits per heavy atom. The topological polar surface area (TPSA) is 203 Å². The van der Waals surface area contributed by atoms with Gasteiger partial charge in [-0.1, -0.05) is 189 Å². The van der Waals surface area contributed by atoms with Crippen LogP contribution in [0.15, 0.2) is 91.0 Å². The highest BCUT2D eigenvalue weighted by Gasteiger charge is 2.46. The fraction of sp³-hybridized carbons (Fsp3) is 0.809. The Kier molecular flexibility index (Phi) is 80.1. The molecule has 0 amide bonds. The summed E-state index contributed by atoms with van der Waals surface area (Å²) in [6, 6.07) is 34.6. The minimum absolute atomic E-state index is 0.956. The van der Waals surface area contributed by atoms with Gasteiger partial charge in [-0.25, -0.2) is 0 Å². The Morgan fingerprint density at radius 1 is 0.199 bits per heavy atom. The van der Waals surface area contributed by atoms with Crippen LogP contribution in [0.1, 0.15) is 97.8 Å². The monoisotopic (exact) mass is 2560 g/mol. The van der Waals surface area contributed by atoms with Crippen molar-refractivity contribution in [1.82, 2.24) is 0 Å². The van der Waals surface area contributed by atoms with Gasteiger partial charge in [0.2, 0.25) is 0 Å². The second-order valence-electron chi connectivity index (χ2n) is 52.8. The first-order valence-electron chi connectivity index (χ1n) is 55.5. The minimum Gasteiger partial charge on any atom is -0.442 e. The lowest BCUT2D eigenvalue weighted by Gasteiger charge is -2.37. The third-order valence-corrected chi connectivity index (χ3v) is 109. The van der Waals surface area contributed by atoms with E-state index in [0.717, 1.165) is 18.1 Å². The SMILES string of the molecule is CCCCCCCC[Si](C)(O[SiH](C)C)O[SiH](C)O[SiH](C)C.CCCCCCCC[Si](C)(O[SiH](C)O[Si](C)(C)C)O[Si](C)(C)C.CC[SiH](O[Si](C)(C)C)O[Si](C)(C)C.C[SiH](C)O[SiH](C)O[Si](C)(C)O[Si](C)(C)C.C[SiH](C)O[SiH](C)O[Si](C)(O[Si](C)(C)C)c1ccccc1.C[SiH](O[Si](C)(C)C)O[Si](C)(C)O[Si](C)(C)C.C[SiH](O[Si](C)(C)C)O[Si](C)(O[Si](C)(C)C)c1ccccc1.C[Si](C)(C)O[SiH](O[Si](C)(C)C)c1ccccc1. The summed E-state index contributed by atoms with van der Waals surface area (Å²) in [5, 5.41) is 3.67. The van der Waals surface area contributed by atoms with E-state index in [-0.39, 0.29) is 0 Å². The van der Waals surface area contributed by atoms with Crippen LogP contribution in [0.3, 0.4) is 0 Å². The van der Waals surface area contributed by atoms with E-state index in [4.69, 9.17) is 90.5 Å².